The van der Waals surface area contributed by atoms with Crippen LogP contribution in [0.2, 0.25) is 0 Å². The summed E-state index contributed by atoms with van der Waals surface area (Å²) in [6.07, 6.45) is 0.671. The first kappa shape index (κ1) is 21.8. The van der Waals surface area contributed by atoms with Crippen molar-refractivity contribution in [1.82, 2.24) is 19.2 Å². The second-order valence-corrected chi connectivity index (χ2v) is 8.61. The molecule has 0 radical (unpaired) electrons. The van der Waals surface area contributed by atoms with Gasteiger partial charge in [0.25, 0.3) is 5.56 Å². The average Bonchev–Trinajstić information content (AvgIpc) is 3.29. The van der Waals surface area contributed by atoms with Crippen LogP contribution in [0, 0.1) is 5.82 Å². The second-order valence-electron chi connectivity index (χ2n) is 7.67. The van der Waals surface area contributed by atoms with E-state index >= 15 is 0 Å². The number of aryl methyl sites for hydroxylation is 2. The van der Waals surface area contributed by atoms with E-state index in [1.807, 2.05) is 52.9 Å². The number of carbonyl (C=O) groups excluding carboxylic acids is 1. The first-order chi connectivity index (χ1) is 16.6. The first-order valence-electron chi connectivity index (χ1n) is 10.7. The number of anilines is 1. The Balaban J connectivity index is 1.45. The van der Waals surface area contributed by atoms with E-state index in [1.54, 1.807) is 10.6 Å². The van der Waals surface area contributed by atoms with E-state index in [4.69, 9.17) is 0 Å². The maximum atomic E-state index is 13.3. The highest BCUT2D eigenvalue weighted by atomic mass is 32.2. The number of para-hydroxylation sites is 1. The fraction of sp³-hybridized carbons (Fsp3) is 0.120. The van der Waals surface area contributed by atoms with Crippen molar-refractivity contribution in [1.29, 1.82) is 0 Å². The first-order valence-corrected chi connectivity index (χ1v) is 11.7. The number of nitrogens with one attached hydrogen (secondary N) is 1. The Kier molecular flexibility index (Phi) is 6.09. The van der Waals surface area contributed by atoms with Crippen LogP contribution in [0.5, 0.6) is 0 Å². The second kappa shape index (κ2) is 9.48. The third-order valence-electron chi connectivity index (χ3n) is 5.41. The quantitative estimate of drug-likeness (QED) is 0.359. The van der Waals surface area contributed by atoms with Crippen LogP contribution in [0.15, 0.2) is 88.8 Å². The van der Waals surface area contributed by atoms with Crippen molar-refractivity contribution in [3.8, 4) is 0 Å². The summed E-state index contributed by atoms with van der Waals surface area (Å²) in [6.45, 7) is 0.449. The molecule has 5 rings (SSSR count). The summed E-state index contributed by atoms with van der Waals surface area (Å²) >= 11 is 1.22. The van der Waals surface area contributed by atoms with Crippen LogP contribution in [0.1, 0.15) is 5.56 Å². The highest BCUT2D eigenvalue weighted by Crippen LogP contribution is 2.22. The number of nitrogens with zero attached hydrogens (tertiary/aromatic N) is 4. The molecule has 0 saturated heterocycles. The minimum absolute atomic E-state index is 0.0790. The number of fused-ring (bicyclic) bond motifs is 3. The van der Waals surface area contributed by atoms with E-state index in [0.29, 0.717) is 40.5 Å². The highest BCUT2D eigenvalue weighted by molar-refractivity contribution is 7.99. The van der Waals surface area contributed by atoms with E-state index in [0.717, 1.165) is 5.56 Å². The lowest BCUT2D eigenvalue weighted by Crippen LogP contribution is -2.24. The molecule has 0 aliphatic carbocycles. The topological polar surface area (TPSA) is 81.3 Å². The fourth-order valence-corrected chi connectivity index (χ4v) is 4.51. The van der Waals surface area contributed by atoms with Crippen LogP contribution in [0.25, 0.3) is 16.7 Å². The van der Waals surface area contributed by atoms with E-state index in [1.165, 1.54) is 36.0 Å². The van der Waals surface area contributed by atoms with Crippen molar-refractivity contribution >= 4 is 40.0 Å². The fourth-order valence-electron chi connectivity index (χ4n) is 3.77. The maximum absolute atomic E-state index is 13.3. The zero-order valence-electron chi connectivity index (χ0n) is 18.0. The molecule has 5 aromatic rings. The van der Waals surface area contributed by atoms with Crippen LogP contribution in [0.3, 0.4) is 0 Å². The lowest BCUT2D eigenvalue weighted by molar-refractivity contribution is -0.113. The predicted octanol–water partition coefficient (Wildman–Crippen LogP) is 4.16. The third kappa shape index (κ3) is 4.42. The van der Waals surface area contributed by atoms with Gasteiger partial charge < -0.3 is 5.32 Å². The molecule has 0 fully saturated rings. The summed E-state index contributed by atoms with van der Waals surface area (Å²) in [5.41, 5.74) is 2.19. The predicted molar refractivity (Wildman–Crippen MR) is 131 cm³/mol. The van der Waals surface area contributed by atoms with Gasteiger partial charge in [-0.25, -0.2) is 4.39 Å². The summed E-state index contributed by atoms with van der Waals surface area (Å²) in [6, 6.07) is 22.8. The summed E-state index contributed by atoms with van der Waals surface area (Å²) in [7, 11) is 0. The van der Waals surface area contributed by atoms with Crippen LogP contribution in [-0.2, 0) is 17.8 Å². The van der Waals surface area contributed by atoms with E-state index in [2.05, 4.69) is 15.5 Å². The van der Waals surface area contributed by atoms with Crippen molar-refractivity contribution in [2.75, 3.05) is 11.1 Å². The number of carbonyl (C=O) groups is 1. The maximum Gasteiger partial charge on any atom is 0.262 e. The Labute approximate surface area is 198 Å². The number of hydrogen-bond acceptors (Lipinski definition) is 5. The molecule has 0 spiro atoms. The molecule has 3 aromatic carbocycles. The van der Waals surface area contributed by atoms with Crippen molar-refractivity contribution in [3.63, 3.8) is 0 Å². The summed E-state index contributed by atoms with van der Waals surface area (Å²) in [5.74, 6) is -0.112. The monoisotopic (exact) mass is 473 g/mol. The highest BCUT2D eigenvalue weighted by Gasteiger charge is 2.17. The van der Waals surface area contributed by atoms with Crippen LogP contribution in [0.4, 0.5) is 10.1 Å². The molecule has 2 aromatic heterocycles. The van der Waals surface area contributed by atoms with Gasteiger partial charge in [-0.2, -0.15) is 0 Å². The zero-order chi connectivity index (χ0) is 23.5. The summed E-state index contributed by atoms with van der Waals surface area (Å²) < 4.78 is 16.5. The average molecular weight is 474 g/mol. The van der Waals surface area contributed by atoms with Gasteiger partial charge in [-0.3, -0.25) is 18.6 Å². The Morgan fingerprint density at radius 3 is 2.47 bits per heavy atom. The van der Waals surface area contributed by atoms with Crippen molar-refractivity contribution in [2.24, 2.45) is 0 Å². The molecule has 170 valence electrons. The van der Waals surface area contributed by atoms with Gasteiger partial charge >= 0.3 is 0 Å². The summed E-state index contributed by atoms with van der Waals surface area (Å²) in [4.78, 5) is 25.7. The SMILES string of the molecule is O=C(CSc1nnc2n(CCc3ccccc3)c(=O)c3ccccc3n12)Nc1ccc(F)cc1. The number of hydrogen-bond donors (Lipinski definition) is 1. The molecule has 1 N–H and O–H groups in total. The van der Waals surface area contributed by atoms with Crippen molar-refractivity contribution in [3.05, 3.63) is 101 Å². The normalized spacial score (nSPS) is 11.2. The van der Waals surface area contributed by atoms with Gasteiger partial charge in [0.15, 0.2) is 5.16 Å². The largest absolute Gasteiger partial charge is 0.325 e. The number of thioether (sulfide) groups is 1. The molecular formula is C25H20FN5O2S. The van der Waals surface area contributed by atoms with Crippen LogP contribution >= 0.6 is 11.8 Å². The van der Waals surface area contributed by atoms with Gasteiger partial charge in [0, 0.05) is 12.2 Å². The number of benzene rings is 3. The number of halogens is 1. The Hall–Kier alpha value is -3.98. The smallest absolute Gasteiger partial charge is 0.262 e. The van der Waals surface area contributed by atoms with Gasteiger partial charge in [0.1, 0.15) is 5.82 Å². The molecule has 0 atom stereocenters. The van der Waals surface area contributed by atoms with Crippen LogP contribution in [-0.4, -0.2) is 30.8 Å². The number of aromatic nitrogens is 4. The molecule has 0 aliphatic heterocycles. The molecule has 2 heterocycles. The van der Waals surface area contributed by atoms with Gasteiger partial charge in [0.2, 0.25) is 11.7 Å². The molecule has 0 aliphatic rings. The molecule has 1 amide bonds. The standard InChI is InChI=1S/C25H20FN5O2S/c26-18-10-12-19(13-11-18)27-22(32)16-34-25-29-28-24-30(15-14-17-6-2-1-3-7-17)23(33)20-8-4-5-9-21(20)31(24)25/h1-13H,14-16H2,(H,27,32). The van der Waals surface area contributed by atoms with Gasteiger partial charge in [-0.05, 0) is 48.4 Å². The number of amides is 1. The minimum atomic E-state index is -0.368. The van der Waals surface area contributed by atoms with Gasteiger partial charge in [0.05, 0.1) is 16.7 Å². The summed E-state index contributed by atoms with van der Waals surface area (Å²) in [5, 5.41) is 12.4. The molecule has 7 nitrogen and oxygen atoms in total. The van der Waals surface area contributed by atoms with Crippen molar-refractivity contribution < 1.29 is 9.18 Å². The molecule has 0 saturated carbocycles. The van der Waals surface area contributed by atoms with Gasteiger partial charge in [-0.1, -0.05) is 54.2 Å². The van der Waals surface area contributed by atoms with E-state index in [9.17, 15) is 14.0 Å². The Morgan fingerprint density at radius 2 is 1.68 bits per heavy atom. The lowest BCUT2D eigenvalue weighted by Gasteiger charge is -2.11. The van der Waals surface area contributed by atoms with Crippen LogP contribution < -0.4 is 10.9 Å². The van der Waals surface area contributed by atoms with E-state index in [-0.39, 0.29) is 23.0 Å². The third-order valence-corrected chi connectivity index (χ3v) is 6.33. The zero-order valence-corrected chi connectivity index (χ0v) is 18.8. The number of rotatable bonds is 7. The Bertz CT molecular complexity index is 1530. The molecular weight excluding hydrogens is 453 g/mol. The lowest BCUT2D eigenvalue weighted by atomic mass is 10.1. The van der Waals surface area contributed by atoms with Crippen molar-refractivity contribution in [2.45, 2.75) is 18.1 Å². The molecule has 9 heteroatoms. The molecule has 0 unspecified atom stereocenters. The van der Waals surface area contributed by atoms with E-state index < -0.39 is 0 Å². The minimum Gasteiger partial charge on any atom is -0.325 e. The molecule has 0 bridgehead atoms. The molecule has 34 heavy (non-hydrogen) atoms. The van der Waals surface area contributed by atoms with Gasteiger partial charge in [-0.15, -0.1) is 10.2 Å². The Morgan fingerprint density at radius 1 is 0.941 bits per heavy atom.